The molecule has 174 valence electrons. The molecular weight excluding hydrogens is 416 g/mol. The summed E-state index contributed by atoms with van der Waals surface area (Å²) in [6, 6.07) is 10.9. The molecule has 0 atom stereocenters. The summed E-state index contributed by atoms with van der Waals surface area (Å²) >= 11 is 0. The minimum atomic E-state index is -0.148. The predicted octanol–water partition coefficient (Wildman–Crippen LogP) is 7.05. The van der Waals surface area contributed by atoms with E-state index < -0.39 is 0 Å². The Kier molecular flexibility index (Phi) is 6.13. The molecule has 2 aliphatic carbocycles. The highest BCUT2D eigenvalue weighted by Crippen LogP contribution is 2.36. The van der Waals surface area contributed by atoms with Crippen LogP contribution in [-0.4, -0.2) is 11.9 Å². The summed E-state index contributed by atoms with van der Waals surface area (Å²) in [7, 11) is 0. The summed E-state index contributed by atoms with van der Waals surface area (Å²) < 4.78 is 17.4. The third-order valence-corrected chi connectivity index (χ3v) is 7.55. The molecule has 5 nitrogen and oxygen atoms in total. The molecule has 5 rings (SSSR count). The van der Waals surface area contributed by atoms with E-state index in [2.05, 4.69) is 13.8 Å². The van der Waals surface area contributed by atoms with E-state index in [1.807, 2.05) is 24.3 Å². The molecular formula is C28H32O5. The van der Waals surface area contributed by atoms with Crippen molar-refractivity contribution in [2.75, 3.05) is 0 Å². The van der Waals surface area contributed by atoms with Crippen LogP contribution in [-0.2, 0) is 9.59 Å². The molecule has 0 unspecified atom stereocenters. The number of ether oxygens (including phenoxy) is 2. The van der Waals surface area contributed by atoms with Crippen LogP contribution in [0.25, 0.3) is 21.9 Å². The van der Waals surface area contributed by atoms with E-state index in [-0.39, 0.29) is 23.8 Å². The molecule has 0 aliphatic heterocycles. The first-order valence-electron chi connectivity index (χ1n) is 12.4. The molecule has 1 heterocycles. The lowest BCUT2D eigenvalue weighted by atomic mass is 9.83. The third-order valence-electron chi connectivity index (χ3n) is 7.55. The number of benzene rings is 2. The molecule has 0 N–H and O–H groups in total. The second-order valence-electron chi connectivity index (χ2n) is 10.2. The number of rotatable bonds is 4. The van der Waals surface area contributed by atoms with Crippen molar-refractivity contribution in [1.82, 2.24) is 0 Å². The van der Waals surface area contributed by atoms with Crippen LogP contribution in [0.3, 0.4) is 0 Å². The van der Waals surface area contributed by atoms with Gasteiger partial charge in [-0.3, -0.25) is 9.59 Å². The van der Waals surface area contributed by atoms with Crippen LogP contribution < -0.4 is 9.47 Å². The number of esters is 2. The number of furan rings is 1. The van der Waals surface area contributed by atoms with E-state index in [4.69, 9.17) is 13.9 Å². The molecule has 2 fully saturated rings. The first-order valence-corrected chi connectivity index (χ1v) is 12.4. The van der Waals surface area contributed by atoms with Gasteiger partial charge in [-0.05, 0) is 99.6 Å². The van der Waals surface area contributed by atoms with Gasteiger partial charge in [-0.25, -0.2) is 0 Å². The minimum absolute atomic E-state index is 0.0215. The standard InChI is InChI=1S/C28H32O5/c1-17-3-7-19(8-4-17)27(29)31-21-11-13-25-23(15-21)24-16-22(12-14-26(24)33-25)32-28(30)20-9-5-18(2)6-10-20/h11-20H,3-10H2,1-2H3. The van der Waals surface area contributed by atoms with Gasteiger partial charge in [0.25, 0.3) is 0 Å². The number of hydrogen-bond donors (Lipinski definition) is 0. The largest absolute Gasteiger partial charge is 0.456 e. The Labute approximate surface area is 194 Å². The SMILES string of the molecule is CC1CCC(C(=O)Oc2ccc3oc4ccc(OC(=O)C5CCC(C)CC5)cc4c3c2)CC1. The molecule has 2 aromatic carbocycles. The quantitative estimate of drug-likeness (QED) is 0.316. The monoisotopic (exact) mass is 448 g/mol. The fourth-order valence-corrected chi connectivity index (χ4v) is 5.25. The van der Waals surface area contributed by atoms with E-state index in [9.17, 15) is 9.59 Å². The predicted molar refractivity (Wildman–Crippen MR) is 127 cm³/mol. The lowest BCUT2D eigenvalue weighted by Gasteiger charge is -2.24. The third kappa shape index (κ3) is 4.78. The molecule has 5 heteroatoms. The van der Waals surface area contributed by atoms with E-state index in [1.54, 1.807) is 12.1 Å². The van der Waals surface area contributed by atoms with Crippen molar-refractivity contribution in [2.45, 2.75) is 65.2 Å². The van der Waals surface area contributed by atoms with Crippen molar-refractivity contribution in [3.05, 3.63) is 36.4 Å². The zero-order chi connectivity index (χ0) is 22.9. The van der Waals surface area contributed by atoms with Crippen molar-refractivity contribution in [3.8, 4) is 11.5 Å². The van der Waals surface area contributed by atoms with Crippen LogP contribution in [0.1, 0.15) is 65.2 Å². The van der Waals surface area contributed by atoms with Crippen molar-refractivity contribution < 1.29 is 23.5 Å². The van der Waals surface area contributed by atoms with Crippen LogP contribution in [0, 0.1) is 23.7 Å². The summed E-state index contributed by atoms with van der Waals surface area (Å²) in [6.45, 7) is 4.47. The van der Waals surface area contributed by atoms with Crippen molar-refractivity contribution in [2.24, 2.45) is 23.7 Å². The van der Waals surface area contributed by atoms with Crippen LogP contribution in [0.15, 0.2) is 40.8 Å². The van der Waals surface area contributed by atoms with Gasteiger partial charge in [0, 0.05) is 10.8 Å². The lowest BCUT2D eigenvalue weighted by molar-refractivity contribution is -0.141. The van der Waals surface area contributed by atoms with Crippen LogP contribution in [0.2, 0.25) is 0 Å². The summed E-state index contributed by atoms with van der Waals surface area (Å²) in [4.78, 5) is 25.3. The lowest BCUT2D eigenvalue weighted by Crippen LogP contribution is -2.24. The highest BCUT2D eigenvalue weighted by atomic mass is 16.5. The normalized spacial score (nSPS) is 25.8. The molecule has 2 aliphatic rings. The van der Waals surface area contributed by atoms with Crippen molar-refractivity contribution in [1.29, 1.82) is 0 Å². The highest BCUT2D eigenvalue weighted by molar-refractivity contribution is 6.06. The average molecular weight is 449 g/mol. The summed E-state index contributed by atoms with van der Waals surface area (Å²) in [5.74, 6) is 2.08. The number of hydrogen-bond acceptors (Lipinski definition) is 5. The zero-order valence-corrected chi connectivity index (χ0v) is 19.5. The van der Waals surface area contributed by atoms with Gasteiger partial charge in [0.15, 0.2) is 0 Å². The molecule has 0 amide bonds. The van der Waals surface area contributed by atoms with Gasteiger partial charge in [0.05, 0.1) is 11.8 Å². The first kappa shape index (κ1) is 22.0. The Hall–Kier alpha value is -2.82. The Morgan fingerprint density at radius 2 is 1.06 bits per heavy atom. The smallest absolute Gasteiger partial charge is 0.314 e. The van der Waals surface area contributed by atoms with Gasteiger partial charge >= 0.3 is 11.9 Å². The van der Waals surface area contributed by atoms with Gasteiger partial charge in [-0.15, -0.1) is 0 Å². The fraction of sp³-hybridized carbons (Fsp3) is 0.500. The van der Waals surface area contributed by atoms with Gasteiger partial charge in [0.1, 0.15) is 22.7 Å². The zero-order valence-electron chi connectivity index (χ0n) is 19.5. The van der Waals surface area contributed by atoms with E-state index in [0.29, 0.717) is 34.5 Å². The average Bonchev–Trinajstić information content (AvgIpc) is 3.17. The maximum atomic E-state index is 12.7. The Bertz CT molecular complexity index is 1070. The maximum absolute atomic E-state index is 12.7. The number of carbonyl (C=O) groups is 2. The molecule has 0 bridgehead atoms. The maximum Gasteiger partial charge on any atom is 0.314 e. The minimum Gasteiger partial charge on any atom is -0.456 e. The van der Waals surface area contributed by atoms with Crippen molar-refractivity contribution >= 4 is 33.9 Å². The molecule has 1 aromatic heterocycles. The van der Waals surface area contributed by atoms with E-state index in [1.165, 1.54) is 0 Å². The van der Waals surface area contributed by atoms with Crippen molar-refractivity contribution in [3.63, 3.8) is 0 Å². The Morgan fingerprint density at radius 3 is 1.45 bits per heavy atom. The molecule has 0 saturated heterocycles. The topological polar surface area (TPSA) is 65.7 Å². The van der Waals surface area contributed by atoms with Gasteiger partial charge in [-0.1, -0.05) is 13.8 Å². The second-order valence-corrected chi connectivity index (χ2v) is 10.2. The Balaban J connectivity index is 1.34. The molecule has 0 spiro atoms. The molecule has 0 radical (unpaired) electrons. The number of carbonyl (C=O) groups excluding carboxylic acids is 2. The van der Waals surface area contributed by atoms with Gasteiger partial charge < -0.3 is 13.9 Å². The molecule has 3 aromatic rings. The van der Waals surface area contributed by atoms with Gasteiger partial charge in [-0.2, -0.15) is 0 Å². The van der Waals surface area contributed by atoms with Crippen LogP contribution >= 0.6 is 0 Å². The Morgan fingerprint density at radius 1 is 0.667 bits per heavy atom. The van der Waals surface area contributed by atoms with E-state index in [0.717, 1.165) is 62.1 Å². The first-order chi connectivity index (χ1) is 16.0. The summed E-state index contributed by atoms with van der Waals surface area (Å²) in [5.41, 5.74) is 1.42. The van der Waals surface area contributed by atoms with Gasteiger partial charge in [0.2, 0.25) is 0 Å². The van der Waals surface area contributed by atoms with Crippen LogP contribution in [0.4, 0.5) is 0 Å². The van der Waals surface area contributed by atoms with Crippen LogP contribution in [0.5, 0.6) is 11.5 Å². The summed E-state index contributed by atoms with van der Waals surface area (Å²) in [5, 5.41) is 1.69. The van der Waals surface area contributed by atoms with E-state index >= 15 is 0 Å². The highest BCUT2D eigenvalue weighted by Gasteiger charge is 2.27. The molecule has 33 heavy (non-hydrogen) atoms. The summed E-state index contributed by atoms with van der Waals surface area (Å²) in [6.07, 6.45) is 7.88. The number of fused-ring (bicyclic) bond motifs is 3. The fourth-order valence-electron chi connectivity index (χ4n) is 5.25. The second kappa shape index (κ2) is 9.20. The molecule has 2 saturated carbocycles.